The zero-order valence-corrected chi connectivity index (χ0v) is 10.1. The summed E-state index contributed by atoms with van der Waals surface area (Å²) in [7, 11) is 1.86. The molecule has 0 radical (unpaired) electrons. The van der Waals surface area contributed by atoms with Gasteiger partial charge >= 0.3 is 0 Å². The molecule has 0 unspecified atom stereocenters. The van der Waals surface area contributed by atoms with Gasteiger partial charge in [0.05, 0.1) is 11.3 Å². The fraction of sp³-hybridized carbons (Fsp3) is 0.250. The predicted octanol–water partition coefficient (Wildman–Crippen LogP) is 0.370. The molecule has 1 amide bonds. The van der Waals surface area contributed by atoms with E-state index in [-0.39, 0.29) is 5.91 Å². The molecule has 2 heterocycles. The van der Waals surface area contributed by atoms with E-state index in [4.69, 9.17) is 5.73 Å². The normalized spacial score (nSPS) is 10.3. The van der Waals surface area contributed by atoms with Crippen molar-refractivity contribution in [2.75, 3.05) is 12.3 Å². The molecule has 18 heavy (non-hydrogen) atoms. The van der Waals surface area contributed by atoms with Gasteiger partial charge in [-0.25, -0.2) is 0 Å². The van der Waals surface area contributed by atoms with Crippen LogP contribution in [-0.2, 0) is 13.5 Å². The minimum atomic E-state index is -0.212. The second-order valence-corrected chi connectivity index (χ2v) is 3.95. The van der Waals surface area contributed by atoms with E-state index in [0.717, 1.165) is 5.69 Å². The van der Waals surface area contributed by atoms with Crippen molar-refractivity contribution in [3.63, 3.8) is 0 Å². The van der Waals surface area contributed by atoms with Crippen molar-refractivity contribution in [1.82, 2.24) is 20.1 Å². The summed E-state index contributed by atoms with van der Waals surface area (Å²) in [5, 5.41) is 7.02. The molecule has 0 saturated heterocycles. The number of anilines is 1. The average Bonchev–Trinajstić information content (AvgIpc) is 2.75. The standard InChI is InChI=1S/C12H15N5O/c1-17-7-4-9(16-17)2-6-15-12(18)10-8-14-5-3-11(10)13/h3-5,7-8H,2,6H2,1H3,(H2,13,14)(H,15,18). The molecule has 0 saturated carbocycles. The number of aryl methyl sites for hydroxylation is 1. The van der Waals surface area contributed by atoms with E-state index in [1.165, 1.54) is 6.20 Å². The molecule has 0 aliphatic rings. The fourth-order valence-corrected chi connectivity index (χ4v) is 1.59. The maximum absolute atomic E-state index is 11.8. The first-order valence-corrected chi connectivity index (χ1v) is 5.63. The Labute approximate surface area is 105 Å². The van der Waals surface area contributed by atoms with Crippen molar-refractivity contribution in [3.8, 4) is 0 Å². The summed E-state index contributed by atoms with van der Waals surface area (Å²) in [4.78, 5) is 15.7. The summed E-state index contributed by atoms with van der Waals surface area (Å²) in [6.07, 6.45) is 5.58. The molecule has 2 aromatic rings. The lowest BCUT2D eigenvalue weighted by Crippen LogP contribution is -2.26. The number of nitrogens with two attached hydrogens (primary N) is 1. The van der Waals surface area contributed by atoms with Crippen LogP contribution in [-0.4, -0.2) is 27.2 Å². The molecule has 0 aliphatic heterocycles. The van der Waals surface area contributed by atoms with Gasteiger partial charge in [0.25, 0.3) is 5.91 Å². The highest BCUT2D eigenvalue weighted by Gasteiger charge is 2.08. The van der Waals surface area contributed by atoms with Crippen LogP contribution in [0.15, 0.2) is 30.7 Å². The summed E-state index contributed by atoms with van der Waals surface area (Å²) in [6, 6.07) is 3.53. The molecule has 3 N–H and O–H groups in total. The number of carbonyl (C=O) groups is 1. The number of rotatable bonds is 4. The number of hydrogen-bond acceptors (Lipinski definition) is 4. The molecule has 2 aromatic heterocycles. The van der Waals surface area contributed by atoms with Crippen LogP contribution in [0.25, 0.3) is 0 Å². The van der Waals surface area contributed by atoms with Crippen LogP contribution in [0.2, 0.25) is 0 Å². The highest BCUT2D eigenvalue weighted by Crippen LogP contribution is 2.07. The number of carbonyl (C=O) groups excluding carboxylic acids is 1. The minimum absolute atomic E-state index is 0.212. The molecule has 2 rings (SSSR count). The van der Waals surface area contributed by atoms with Crippen molar-refractivity contribution in [3.05, 3.63) is 42.0 Å². The molecule has 0 aromatic carbocycles. The summed E-state index contributed by atoms with van der Waals surface area (Å²) in [5.74, 6) is -0.212. The van der Waals surface area contributed by atoms with E-state index in [9.17, 15) is 4.79 Å². The van der Waals surface area contributed by atoms with Gasteiger partial charge in [0.15, 0.2) is 0 Å². The first-order valence-electron chi connectivity index (χ1n) is 5.63. The number of hydrogen-bond donors (Lipinski definition) is 2. The fourth-order valence-electron chi connectivity index (χ4n) is 1.59. The molecule has 6 heteroatoms. The number of amides is 1. The highest BCUT2D eigenvalue weighted by atomic mass is 16.1. The Hall–Kier alpha value is -2.37. The van der Waals surface area contributed by atoms with Gasteiger partial charge in [0.1, 0.15) is 0 Å². The van der Waals surface area contributed by atoms with E-state index in [1.807, 2.05) is 19.3 Å². The molecule has 0 fully saturated rings. The molecule has 0 spiro atoms. The summed E-state index contributed by atoms with van der Waals surface area (Å²) >= 11 is 0. The van der Waals surface area contributed by atoms with Gasteiger partial charge in [0, 0.05) is 44.3 Å². The molecule has 0 bridgehead atoms. The van der Waals surface area contributed by atoms with E-state index in [1.54, 1.807) is 16.9 Å². The highest BCUT2D eigenvalue weighted by molar-refractivity contribution is 5.98. The molecular weight excluding hydrogens is 230 g/mol. The predicted molar refractivity (Wildman–Crippen MR) is 67.9 cm³/mol. The van der Waals surface area contributed by atoms with Crippen molar-refractivity contribution in [1.29, 1.82) is 0 Å². The van der Waals surface area contributed by atoms with E-state index < -0.39 is 0 Å². The second kappa shape index (κ2) is 5.31. The Morgan fingerprint density at radius 3 is 3.00 bits per heavy atom. The first kappa shape index (κ1) is 12.1. The monoisotopic (exact) mass is 245 g/mol. The average molecular weight is 245 g/mol. The van der Waals surface area contributed by atoms with Crippen molar-refractivity contribution in [2.45, 2.75) is 6.42 Å². The van der Waals surface area contributed by atoms with Gasteiger partial charge in [-0.2, -0.15) is 5.10 Å². The largest absolute Gasteiger partial charge is 0.398 e. The van der Waals surface area contributed by atoms with Crippen LogP contribution in [0.5, 0.6) is 0 Å². The van der Waals surface area contributed by atoms with Crippen molar-refractivity contribution >= 4 is 11.6 Å². The lowest BCUT2D eigenvalue weighted by molar-refractivity contribution is 0.0954. The summed E-state index contributed by atoms with van der Waals surface area (Å²) in [5.41, 5.74) is 7.47. The quantitative estimate of drug-likeness (QED) is 0.814. The van der Waals surface area contributed by atoms with Crippen LogP contribution in [0.3, 0.4) is 0 Å². The van der Waals surface area contributed by atoms with Crippen molar-refractivity contribution in [2.24, 2.45) is 7.05 Å². The second-order valence-electron chi connectivity index (χ2n) is 3.95. The Kier molecular flexibility index (Phi) is 3.57. The van der Waals surface area contributed by atoms with Gasteiger partial charge in [-0.3, -0.25) is 14.5 Å². The number of aromatic nitrogens is 3. The minimum Gasteiger partial charge on any atom is -0.398 e. The number of pyridine rings is 1. The zero-order valence-electron chi connectivity index (χ0n) is 10.1. The van der Waals surface area contributed by atoms with Crippen LogP contribution in [0, 0.1) is 0 Å². The maximum Gasteiger partial charge on any atom is 0.254 e. The molecule has 0 aliphatic carbocycles. The SMILES string of the molecule is Cn1ccc(CCNC(=O)c2cnccc2N)n1. The first-order chi connectivity index (χ1) is 8.66. The molecular formula is C12H15N5O. The van der Waals surface area contributed by atoms with Crippen molar-refractivity contribution < 1.29 is 4.79 Å². The van der Waals surface area contributed by atoms with Gasteiger partial charge in [-0.05, 0) is 12.1 Å². The van der Waals surface area contributed by atoms with Crippen LogP contribution < -0.4 is 11.1 Å². The summed E-state index contributed by atoms with van der Waals surface area (Å²) in [6.45, 7) is 0.518. The third-order valence-electron chi connectivity index (χ3n) is 2.53. The lowest BCUT2D eigenvalue weighted by atomic mass is 10.2. The maximum atomic E-state index is 11.8. The lowest BCUT2D eigenvalue weighted by Gasteiger charge is -2.05. The number of nitrogen functional groups attached to an aromatic ring is 1. The molecule has 0 atom stereocenters. The van der Waals surface area contributed by atoms with E-state index in [0.29, 0.717) is 24.2 Å². The van der Waals surface area contributed by atoms with Crippen LogP contribution in [0.4, 0.5) is 5.69 Å². The zero-order chi connectivity index (χ0) is 13.0. The smallest absolute Gasteiger partial charge is 0.254 e. The third kappa shape index (κ3) is 2.85. The molecule has 6 nitrogen and oxygen atoms in total. The van der Waals surface area contributed by atoms with Gasteiger partial charge in [-0.15, -0.1) is 0 Å². The number of nitrogens with zero attached hydrogens (tertiary/aromatic N) is 3. The Balaban J connectivity index is 1.87. The third-order valence-corrected chi connectivity index (χ3v) is 2.53. The van der Waals surface area contributed by atoms with Crippen LogP contribution in [0.1, 0.15) is 16.1 Å². The summed E-state index contributed by atoms with van der Waals surface area (Å²) < 4.78 is 1.73. The van der Waals surface area contributed by atoms with E-state index in [2.05, 4.69) is 15.4 Å². The van der Waals surface area contributed by atoms with Gasteiger partial charge in [-0.1, -0.05) is 0 Å². The Morgan fingerprint density at radius 2 is 2.33 bits per heavy atom. The Bertz CT molecular complexity index is 549. The molecule has 94 valence electrons. The van der Waals surface area contributed by atoms with Gasteiger partial charge in [0.2, 0.25) is 0 Å². The number of nitrogens with one attached hydrogen (secondary N) is 1. The Morgan fingerprint density at radius 1 is 1.50 bits per heavy atom. The van der Waals surface area contributed by atoms with E-state index >= 15 is 0 Å². The van der Waals surface area contributed by atoms with Gasteiger partial charge < -0.3 is 11.1 Å². The van der Waals surface area contributed by atoms with Crippen LogP contribution >= 0.6 is 0 Å². The topological polar surface area (TPSA) is 85.8 Å².